The molecule has 0 atom stereocenters. The number of hydrogen-bond donors (Lipinski definition) is 2. The first-order valence-electron chi connectivity index (χ1n) is 7.46. The number of aliphatic imine (C=N–C) groups is 1. The quantitative estimate of drug-likeness (QED) is 0.631. The molecule has 23 heavy (non-hydrogen) atoms. The summed E-state index contributed by atoms with van der Waals surface area (Å²) in [6.07, 6.45) is 5.30. The molecule has 1 aromatic rings. The molecule has 2 N–H and O–H groups in total. The van der Waals surface area contributed by atoms with Gasteiger partial charge in [0, 0.05) is 11.8 Å². The number of rotatable bonds is 5. The minimum absolute atomic E-state index is 0.145. The number of anilines is 1. The van der Waals surface area contributed by atoms with Crippen LogP contribution in [0.5, 0.6) is 11.5 Å². The molecule has 0 aromatic heterocycles. The van der Waals surface area contributed by atoms with E-state index in [0.29, 0.717) is 17.2 Å². The summed E-state index contributed by atoms with van der Waals surface area (Å²) in [4.78, 5) is 4.50. The Morgan fingerprint density at radius 3 is 2.39 bits per heavy atom. The van der Waals surface area contributed by atoms with Gasteiger partial charge in [-0.05, 0) is 25.0 Å². The highest BCUT2D eigenvalue weighted by Crippen LogP contribution is 2.29. The van der Waals surface area contributed by atoms with Crippen molar-refractivity contribution in [3.63, 3.8) is 0 Å². The van der Waals surface area contributed by atoms with Gasteiger partial charge >= 0.3 is 0 Å². The fourth-order valence-electron chi connectivity index (χ4n) is 2.53. The molecular weight excluding hydrogens is 318 g/mol. The third-order valence-corrected chi connectivity index (χ3v) is 4.13. The van der Waals surface area contributed by atoms with Crippen molar-refractivity contribution in [1.29, 1.82) is 0 Å². The van der Waals surface area contributed by atoms with Gasteiger partial charge in [0.25, 0.3) is 0 Å². The van der Waals surface area contributed by atoms with Gasteiger partial charge in [0.05, 0.1) is 26.5 Å². The molecule has 1 fully saturated rings. The standard InChI is InChI=1S/C15H23N3O4S/c1-21-13-9-8-12(10-14(13)22-2)17-15(18-23(3,19)20)16-11-6-4-5-7-11/h8-11H,4-7H2,1-3H3,(H2,16,17,18). The molecule has 128 valence electrons. The van der Waals surface area contributed by atoms with Crippen LogP contribution in [0.4, 0.5) is 5.69 Å². The summed E-state index contributed by atoms with van der Waals surface area (Å²) in [6, 6.07) is 5.39. The van der Waals surface area contributed by atoms with E-state index in [0.717, 1.165) is 31.9 Å². The Morgan fingerprint density at radius 2 is 1.83 bits per heavy atom. The molecule has 0 amide bonds. The topological polar surface area (TPSA) is 89.0 Å². The number of methoxy groups -OCH3 is 2. The van der Waals surface area contributed by atoms with Crippen LogP contribution in [0.2, 0.25) is 0 Å². The smallest absolute Gasteiger partial charge is 0.232 e. The first-order chi connectivity index (χ1) is 10.9. The molecule has 7 nitrogen and oxygen atoms in total. The lowest BCUT2D eigenvalue weighted by molar-refractivity contribution is 0.355. The Morgan fingerprint density at radius 1 is 1.17 bits per heavy atom. The normalized spacial score (nSPS) is 16.2. The second-order valence-electron chi connectivity index (χ2n) is 5.48. The minimum Gasteiger partial charge on any atom is -0.493 e. The molecule has 0 heterocycles. The fourth-order valence-corrected chi connectivity index (χ4v) is 2.98. The monoisotopic (exact) mass is 341 g/mol. The van der Waals surface area contributed by atoms with E-state index < -0.39 is 10.0 Å². The number of nitrogens with one attached hydrogen (secondary N) is 2. The van der Waals surface area contributed by atoms with Crippen molar-refractivity contribution in [2.24, 2.45) is 4.99 Å². The summed E-state index contributed by atoms with van der Waals surface area (Å²) in [7, 11) is -0.309. The molecule has 0 spiro atoms. The van der Waals surface area contributed by atoms with Gasteiger partial charge in [0.1, 0.15) is 0 Å². The first kappa shape index (κ1) is 17.4. The molecule has 0 aliphatic heterocycles. The summed E-state index contributed by atoms with van der Waals surface area (Å²) in [5.74, 6) is 1.38. The maximum Gasteiger partial charge on any atom is 0.232 e. The van der Waals surface area contributed by atoms with E-state index in [1.807, 2.05) is 0 Å². The van der Waals surface area contributed by atoms with Crippen LogP contribution in [0, 0.1) is 0 Å². The molecule has 0 unspecified atom stereocenters. The van der Waals surface area contributed by atoms with Crippen LogP contribution < -0.4 is 19.5 Å². The maximum atomic E-state index is 11.6. The van der Waals surface area contributed by atoms with Gasteiger partial charge in [-0.2, -0.15) is 0 Å². The Bertz CT molecular complexity index is 667. The van der Waals surface area contributed by atoms with Crippen LogP contribution in [0.15, 0.2) is 23.2 Å². The van der Waals surface area contributed by atoms with Gasteiger partial charge in [-0.15, -0.1) is 0 Å². The molecule has 8 heteroatoms. The van der Waals surface area contributed by atoms with Crippen molar-refractivity contribution in [2.45, 2.75) is 31.7 Å². The molecule has 1 aliphatic carbocycles. The van der Waals surface area contributed by atoms with Crippen molar-refractivity contribution in [2.75, 3.05) is 25.8 Å². The summed E-state index contributed by atoms with van der Waals surface area (Å²) in [5, 5.41) is 3.01. The largest absolute Gasteiger partial charge is 0.493 e. The van der Waals surface area contributed by atoms with Gasteiger partial charge in [-0.25, -0.2) is 13.4 Å². The van der Waals surface area contributed by atoms with Gasteiger partial charge in [0.2, 0.25) is 16.0 Å². The average Bonchev–Trinajstić information content (AvgIpc) is 2.98. The molecular formula is C15H23N3O4S. The number of guanidine groups is 1. The van der Waals surface area contributed by atoms with Crippen LogP contribution in [-0.2, 0) is 10.0 Å². The van der Waals surface area contributed by atoms with Gasteiger partial charge in [0.15, 0.2) is 11.5 Å². The van der Waals surface area contributed by atoms with Gasteiger partial charge < -0.3 is 14.8 Å². The van der Waals surface area contributed by atoms with Crippen molar-refractivity contribution < 1.29 is 17.9 Å². The van der Waals surface area contributed by atoms with Crippen molar-refractivity contribution in [3.05, 3.63) is 18.2 Å². The summed E-state index contributed by atoms with van der Waals surface area (Å²) >= 11 is 0. The Balaban J connectivity index is 2.22. The summed E-state index contributed by atoms with van der Waals surface area (Å²) in [6.45, 7) is 0. The number of sulfonamides is 1. The summed E-state index contributed by atoms with van der Waals surface area (Å²) < 4.78 is 36.0. The van der Waals surface area contributed by atoms with Crippen molar-refractivity contribution >= 4 is 21.7 Å². The highest BCUT2D eigenvalue weighted by Gasteiger charge is 2.17. The SMILES string of the molecule is COc1ccc(NC(=NC2CCCC2)NS(C)(=O)=O)cc1OC. The predicted molar refractivity (Wildman–Crippen MR) is 90.8 cm³/mol. The van der Waals surface area contributed by atoms with Crippen LogP contribution in [0.25, 0.3) is 0 Å². The van der Waals surface area contributed by atoms with E-state index in [-0.39, 0.29) is 12.0 Å². The lowest BCUT2D eigenvalue weighted by atomic mass is 10.2. The lowest BCUT2D eigenvalue weighted by Crippen LogP contribution is -2.36. The van der Waals surface area contributed by atoms with Crippen LogP contribution in [-0.4, -0.2) is 40.9 Å². The third kappa shape index (κ3) is 5.31. The number of nitrogens with zero attached hydrogens (tertiary/aromatic N) is 1. The number of benzene rings is 1. The second-order valence-corrected chi connectivity index (χ2v) is 7.23. The summed E-state index contributed by atoms with van der Waals surface area (Å²) in [5.41, 5.74) is 0.663. The van der Waals surface area contributed by atoms with E-state index >= 15 is 0 Å². The molecule has 1 saturated carbocycles. The molecule has 1 aliphatic rings. The van der Waals surface area contributed by atoms with Crippen LogP contribution in [0.3, 0.4) is 0 Å². The number of ether oxygens (including phenoxy) is 2. The molecule has 0 radical (unpaired) electrons. The molecule has 0 bridgehead atoms. The zero-order valence-electron chi connectivity index (χ0n) is 13.6. The maximum absolute atomic E-state index is 11.6. The van der Waals surface area contributed by atoms with Crippen LogP contribution >= 0.6 is 0 Å². The number of hydrogen-bond acceptors (Lipinski definition) is 5. The Labute approximate surface area is 137 Å². The molecule has 1 aromatic carbocycles. The van der Waals surface area contributed by atoms with Gasteiger partial charge in [-0.1, -0.05) is 12.8 Å². The lowest BCUT2D eigenvalue weighted by Gasteiger charge is -2.15. The highest BCUT2D eigenvalue weighted by molar-refractivity contribution is 7.89. The van der Waals surface area contributed by atoms with E-state index in [1.165, 1.54) is 0 Å². The molecule has 0 saturated heterocycles. The third-order valence-electron chi connectivity index (χ3n) is 3.56. The van der Waals surface area contributed by atoms with E-state index in [9.17, 15) is 8.42 Å². The van der Waals surface area contributed by atoms with Crippen molar-refractivity contribution in [1.82, 2.24) is 4.72 Å². The first-order valence-corrected chi connectivity index (χ1v) is 9.35. The second kappa shape index (κ2) is 7.54. The zero-order chi connectivity index (χ0) is 16.9. The van der Waals surface area contributed by atoms with E-state index in [4.69, 9.17) is 9.47 Å². The highest BCUT2D eigenvalue weighted by atomic mass is 32.2. The van der Waals surface area contributed by atoms with E-state index in [1.54, 1.807) is 32.4 Å². The zero-order valence-corrected chi connectivity index (χ0v) is 14.4. The molecule has 2 rings (SSSR count). The Kier molecular flexibility index (Phi) is 5.70. The predicted octanol–water partition coefficient (Wildman–Crippen LogP) is 1.96. The minimum atomic E-state index is -3.41. The average molecular weight is 341 g/mol. The van der Waals surface area contributed by atoms with E-state index in [2.05, 4.69) is 15.0 Å². The Hall–Kier alpha value is -1.96. The van der Waals surface area contributed by atoms with Crippen LogP contribution in [0.1, 0.15) is 25.7 Å². The fraction of sp³-hybridized carbons (Fsp3) is 0.533. The van der Waals surface area contributed by atoms with Gasteiger partial charge in [-0.3, -0.25) is 4.72 Å². The van der Waals surface area contributed by atoms with Crippen molar-refractivity contribution in [3.8, 4) is 11.5 Å².